The molecular formula is C18H27BrN2O2. The van der Waals surface area contributed by atoms with Crippen LogP contribution in [0.2, 0.25) is 0 Å². The highest BCUT2D eigenvalue weighted by Crippen LogP contribution is 2.16. The van der Waals surface area contributed by atoms with E-state index in [0.717, 1.165) is 22.9 Å². The standard InChI is InChI=1S/C18H27BrN2O2/c1-5-8-17(22)21(12-15-9-7-10-16(19)11-15)14(4)18(23)20-13(3)6-2/h7,9-11,13-14H,5-6,8,12H2,1-4H3,(H,20,23)/t13-,14+/m0/s1. The van der Waals surface area contributed by atoms with Gasteiger partial charge in [-0.25, -0.2) is 0 Å². The van der Waals surface area contributed by atoms with E-state index in [1.807, 2.05) is 45.0 Å². The monoisotopic (exact) mass is 382 g/mol. The van der Waals surface area contributed by atoms with Crippen LogP contribution >= 0.6 is 15.9 Å². The second-order valence-corrected chi connectivity index (χ2v) is 6.81. The van der Waals surface area contributed by atoms with Crippen LogP contribution < -0.4 is 5.32 Å². The SMILES string of the molecule is CCCC(=O)N(Cc1cccc(Br)c1)[C@H](C)C(=O)N[C@@H](C)CC. The van der Waals surface area contributed by atoms with E-state index >= 15 is 0 Å². The van der Waals surface area contributed by atoms with Gasteiger partial charge in [0.25, 0.3) is 0 Å². The fourth-order valence-electron chi connectivity index (χ4n) is 2.24. The van der Waals surface area contributed by atoms with E-state index in [-0.39, 0.29) is 17.9 Å². The number of carbonyl (C=O) groups excluding carboxylic acids is 2. The maximum Gasteiger partial charge on any atom is 0.242 e. The molecule has 1 rings (SSSR count). The number of rotatable bonds is 8. The minimum absolute atomic E-state index is 0.0132. The highest BCUT2D eigenvalue weighted by molar-refractivity contribution is 9.10. The molecule has 2 atom stereocenters. The fraction of sp³-hybridized carbons (Fsp3) is 0.556. The van der Waals surface area contributed by atoms with Crippen LogP contribution in [-0.4, -0.2) is 28.8 Å². The van der Waals surface area contributed by atoms with Crippen LogP contribution in [0.25, 0.3) is 0 Å². The van der Waals surface area contributed by atoms with Crippen LogP contribution in [0.1, 0.15) is 52.5 Å². The van der Waals surface area contributed by atoms with Crippen molar-refractivity contribution in [2.75, 3.05) is 0 Å². The Morgan fingerprint density at radius 3 is 2.52 bits per heavy atom. The van der Waals surface area contributed by atoms with Gasteiger partial charge in [-0.3, -0.25) is 9.59 Å². The first-order chi connectivity index (χ1) is 10.9. The third kappa shape index (κ3) is 6.34. The van der Waals surface area contributed by atoms with Crippen molar-refractivity contribution in [3.63, 3.8) is 0 Å². The van der Waals surface area contributed by atoms with Gasteiger partial charge in [0.1, 0.15) is 6.04 Å². The summed E-state index contributed by atoms with van der Waals surface area (Å²) in [4.78, 5) is 26.5. The molecule has 0 unspecified atom stereocenters. The van der Waals surface area contributed by atoms with Gasteiger partial charge in [0.05, 0.1) is 0 Å². The van der Waals surface area contributed by atoms with Crippen LogP contribution in [0.5, 0.6) is 0 Å². The quantitative estimate of drug-likeness (QED) is 0.741. The predicted molar refractivity (Wildman–Crippen MR) is 97.0 cm³/mol. The van der Waals surface area contributed by atoms with Gasteiger partial charge in [-0.15, -0.1) is 0 Å². The Morgan fingerprint density at radius 1 is 1.26 bits per heavy atom. The molecule has 0 saturated heterocycles. The predicted octanol–water partition coefficient (Wildman–Crippen LogP) is 3.88. The first-order valence-corrected chi connectivity index (χ1v) is 9.02. The molecule has 0 radical (unpaired) electrons. The van der Waals surface area contributed by atoms with E-state index in [2.05, 4.69) is 21.2 Å². The van der Waals surface area contributed by atoms with E-state index in [4.69, 9.17) is 0 Å². The number of nitrogens with one attached hydrogen (secondary N) is 1. The Kier molecular flexibility index (Phi) is 8.31. The van der Waals surface area contributed by atoms with Crippen molar-refractivity contribution in [2.24, 2.45) is 0 Å². The van der Waals surface area contributed by atoms with Gasteiger partial charge >= 0.3 is 0 Å². The number of amides is 2. The summed E-state index contributed by atoms with van der Waals surface area (Å²) in [7, 11) is 0. The molecule has 0 saturated carbocycles. The van der Waals surface area contributed by atoms with Crippen LogP contribution in [0.15, 0.2) is 28.7 Å². The lowest BCUT2D eigenvalue weighted by molar-refractivity contribution is -0.140. The fourth-order valence-corrected chi connectivity index (χ4v) is 2.68. The number of halogens is 1. The number of benzene rings is 1. The molecule has 0 fully saturated rings. The van der Waals surface area contributed by atoms with Crippen LogP contribution in [-0.2, 0) is 16.1 Å². The minimum Gasteiger partial charge on any atom is -0.352 e. The lowest BCUT2D eigenvalue weighted by atomic mass is 10.1. The Balaban J connectivity index is 2.91. The third-order valence-corrected chi connectivity index (χ3v) is 4.37. The Hall–Kier alpha value is -1.36. The maximum atomic E-state index is 12.5. The average Bonchev–Trinajstić information content (AvgIpc) is 2.52. The summed E-state index contributed by atoms with van der Waals surface area (Å²) in [5.74, 6) is -0.0851. The average molecular weight is 383 g/mol. The van der Waals surface area contributed by atoms with Gasteiger partial charge < -0.3 is 10.2 Å². The van der Waals surface area contributed by atoms with Crippen molar-refractivity contribution >= 4 is 27.7 Å². The minimum atomic E-state index is -0.484. The first kappa shape index (κ1) is 19.7. The normalized spacial score (nSPS) is 13.3. The van der Waals surface area contributed by atoms with Crippen molar-refractivity contribution < 1.29 is 9.59 Å². The molecule has 0 aliphatic rings. The molecule has 5 heteroatoms. The number of hydrogen-bond donors (Lipinski definition) is 1. The summed E-state index contributed by atoms with van der Waals surface area (Å²) in [6.45, 7) is 8.20. The molecule has 2 amide bonds. The van der Waals surface area contributed by atoms with E-state index < -0.39 is 6.04 Å². The summed E-state index contributed by atoms with van der Waals surface area (Å²) in [6, 6.07) is 7.45. The van der Waals surface area contributed by atoms with Crippen molar-refractivity contribution in [1.29, 1.82) is 0 Å². The molecule has 0 heterocycles. The second kappa shape index (κ2) is 9.71. The van der Waals surface area contributed by atoms with Gasteiger partial charge in [-0.05, 0) is 44.4 Å². The second-order valence-electron chi connectivity index (χ2n) is 5.90. The Labute approximate surface area is 147 Å². The summed E-state index contributed by atoms with van der Waals surface area (Å²) < 4.78 is 0.967. The highest BCUT2D eigenvalue weighted by atomic mass is 79.9. The summed E-state index contributed by atoms with van der Waals surface area (Å²) in [5.41, 5.74) is 1.01. The highest BCUT2D eigenvalue weighted by Gasteiger charge is 2.26. The molecule has 0 bridgehead atoms. The molecule has 0 spiro atoms. The summed E-state index contributed by atoms with van der Waals surface area (Å²) in [5, 5.41) is 2.96. The molecule has 1 aromatic rings. The molecule has 0 aromatic heterocycles. The zero-order valence-electron chi connectivity index (χ0n) is 14.4. The number of nitrogens with zero attached hydrogens (tertiary/aromatic N) is 1. The van der Waals surface area contributed by atoms with E-state index in [0.29, 0.717) is 13.0 Å². The lowest BCUT2D eigenvalue weighted by Crippen LogP contribution is -2.49. The van der Waals surface area contributed by atoms with Crippen LogP contribution in [0, 0.1) is 0 Å². The van der Waals surface area contributed by atoms with Crippen molar-refractivity contribution in [3.8, 4) is 0 Å². The molecule has 1 aromatic carbocycles. The smallest absolute Gasteiger partial charge is 0.242 e. The van der Waals surface area contributed by atoms with Gasteiger partial charge in [0, 0.05) is 23.5 Å². The largest absolute Gasteiger partial charge is 0.352 e. The topological polar surface area (TPSA) is 49.4 Å². The Bertz CT molecular complexity index is 534. The number of hydrogen-bond acceptors (Lipinski definition) is 2. The molecule has 0 aliphatic carbocycles. The van der Waals surface area contributed by atoms with Gasteiger partial charge in [0.2, 0.25) is 11.8 Å². The van der Waals surface area contributed by atoms with Crippen LogP contribution in [0.4, 0.5) is 0 Å². The lowest BCUT2D eigenvalue weighted by Gasteiger charge is -2.29. The summed E-state index contributed by atoms with van der Waals surface area (Å²) in [6.07, 6.45) is 2.09. The zero-order valence-corrected chi connectivity index (χ0v) is 16.0. The molecule has 128 valence electrons. The van der Waals surface area contributed by atoms with Crippen molar-refractivity contribution in [2.45, 2.75) is 65.6 Å². The Morgan fingerprint density at radius 2 is 1.96 bits per heavy atom. The number of carbonyl (C=O) groups is 2. The zero-order chi connectivity index (χ0) is 17.4. The van der Waals surface area contributed by atoms with Gasteiger partial charge in [-0.1, -0.05) is 41.9 Å². The first-order valence-electron chi connectivity index (χ1n) is 8.23. The van der Waals surface area contributed by atoms with E-state index in [1.54, 1.807) is 11.8 Å². The molecule has 23 heavy (non-hydrogen) atoms. The molecular weight excluding hydrogens is 356 g/mol. The van der Waals surface area contributed by atoms with Gasteiger partial charge in [0.15, 0.2) is 0 Å². The van der Waals surface area contributed by atoms with E-state index in [9.17, 15) is 9.59 Å². The van der Waals surface area contributed by atoms with Crippen molar-refractivity contribution in [1.82, 2.24) is 10.2 Å². The summed E-state index contributed by atoms with van der Waals surface area (Å²) >= 11 is 3.45. The molecule has 1 N–H and O–H groups in total. The molecule has 4 nitrogen and oxygen atoms in total. The maximum absolute atomic E-state index is 12.5. The van der Waals surface area contributed by atoms with Crippen molar-refractivity contribution in [3.05, 3.63) is 34.3 Å². The molecule has 0 aliphatic heterocycles. The van der Waals surface area contributed by atoms with Crippen LogP contribution in [0.3, 0.4) is 0 Å². The third-order valence-electron chi connectivity index (χ3n) is 3.87. The van der Waals surface area contributed by atoms with Gasteiger partial charge in [-0.2, -0.15) is 0 Å². The van der Waals surface area contributed by atoms with E-state index in [1.165, 1.54) is 0 Å².